The van der Waals surface area contributed by atoms with Gasteiger partial charge in [-0.2, -0.15) is 0 Å². The molecule has 5 heteroatoms. The number of anilines is 1. The van der Waals surface area contributed by atoms with Gasteiger partial charge in [0.05, 0.1) is 5.56 Å². The Balaban J connectivity index is 1.54. The summed E-state index contributed by atoms with van der Waals surface area (Å²) in [4.78, 5) is 22.8. The topological polar surface area (TPSA) is 57.2 Å². The summed E-state index contributed by atoms with van der Waals surface area (Å²) < 4.78 is 0. The third kappa shape index (κ3) is 4.19. The largest absolute Gasteiger partial charge is 0.361 e. The number of rotatable bonds is 4. The van der Waals surface area contributed by atoms with Crippen LogP contribution in [0.15, 0.2) is 65.8 Å². The highest BCUT2D eigenvalue weighted by molar-refractivity contribution is 7.16. The molecule has 0 aliphatic heterocycles. The first-order chi connectivity index (χ1) is 15.3. The number of aryl methyl sites for hydroxylation is 1. The lowest BCUT2D eigenvalue weighted by Crippen LogP contribution is -2.14. The molecule has 4 aromatic rings. The van der Waals surface area contributed by atoms with Crippen LogP contribution in [0, 0.1) is 0 Å². The molecule has 0 bridgehead atoms. The van der Waals surface area contributed by atoms with Crippen LogP contribution in [0.3, 0.4) is 0 Å². The van der Waals surface area contributed by atoms with E-state index in [2.05, 4.69) is 22.4 Å². The summed E-state index contributed by atoms with van der Waals surface area (Å²) in [5.41, 5.74) is 4.88. The molecular weight excluding hydrogens is 402 g/mol. The molecule has 0 atom stereocenters. The van der Waals surface area contributed by atoms with Gasteiger partial charge in [0.1, 0.15) is 5.00 Å². The van der Waals surface area contributed by atoms with Crippen molar-refractivity contribution in [3.05, 3.63) is 82.4 Å². The van der Waals surface area contributed by atoms with Crippen LogP contribution < -0.4 is 5.32 Å². The third-order valence-corrected chi connectivity index (χ3v) is 7.05. The average Bonchev–Trinajstić information content (AvgIpc) is 3.34. The lowest BCUT2D eigenvalue weighted by atomic mass is 9.96. The maximum Gasteiger partial charge on any atom is 0.259 e. The van der Waals surface area contributed by atoms with Gasteiger partial charge in [-0.1, -0.05) is 49.2 Å². The summed E-state index contributed by atoms with van der Waals surface area (Å²) in [5, 5.41) is 5.03. The highest BCUT2D eigenvalue weighted by Crippen LogP contribution is 2.39. The van der Waals surface area contributed by atoms with E-state index >= 15 is 0 Å². The van der Waals surface area contributed by atoms with Gasteiger partial charge in [0, 0.05) is 39.4 Å². The fourth-order valence-corrected chi connectivity index (χ4v) is 5.50. The Kier molecular flexibility index (Phi) is 5.67. The number of aromatic nitrogens is 1. The number of para-hydroxylation sites is 2. The maximum atomic E-state index is 13.4. The number of thiophene rings is 1. The molecule has 0 radical (unpaired) electrons. The number of nitrogens with one attached hydrogen (secondary N) is 2. The summed E-state index contributed by atoms with van der Waals surface area (Å²) >= 11 is 1.68. The van der Waals surface area contributed by atoms with E-state index in [9.17, 15) is 4.79 Å². The fraction of sp³-hybridized carbons (Fsp3) is 0.231. The lowest BCUT2D eigenvalue weighted by Gasteiger charge is -2.12. The monoisotopic (exact) mass is 427 g/mol. The molecule has 0 unspecified atom stereocenters. The molecule has 0 fully saturated rings. The van der Waals surface area contributed by atoms with Crippen LogP contribution in [0.5, 0.6) is 0 Å². The number of nitrogens with zero attached hydrogens (tertiary/aromatic N) is 1. The number of carbonyl (C=O) groups is 1. The number of fused-ring (bicyclic) bond motifs is 2. The summed E-state index contributed by atoms with van der Waals surface area (Å²) in [6, 6.07) is 17.9. The Morgan fingerprint density at radius 1 is 0.968 bits per heavy atom. The minimum Gasteiger partial charge on any atom is -0.361 e. The molecule has 2 heterocycles. The first-order valence-corrected chi connectivity index (χ1v) is 11.7. The van der Waals surface area contributed by atoms with Gasteiger partial charge in [0.15, 0.2) is 0 Å². The number of hydrogen-bond donors (Lipinski definition) is 2. The maximum absolute atomic E-state index is 13.4. The van der Waals surface area contributed by atoms with Crippen LogP contribution in [-0.4, -0.2) is 17.1 Å². The molecule has 1 aliphatic carbocycles. The van der Waals surface area contributed by atoms with Crippen molar-refractivity contribution in [2.45, 2.75) is 38.5 Å². The van der Waals surface area contributed by atoms with Gasteiger partial charge in [0.2, 0.25) is 0 Å². The first-order valence-electron chi connectivity index (χ1n) is 10.9. The zero-order valence-electron chi connectivity index (χ0n) is 17.4. The van der Waals surface area contributed by atoms with Crippen molar-refractivity contribution in [2.24, 2.45) is 4.99 Å². The lowest BCUT2D eigenvalue weighted by molar-refractivity contribution is 0.102. The van der Waals surface area contributed by atoms with Crippen molar-refractivity contribution in [1.82, 2.24) is 4.98 Å². The second-order valence-corrected chi connectivity index (χ2v) is 9.05. The Hall–Kier alpha value is -3.18. The SMILES string of the molecule is O=C(Nc1ccccc1)c1c(N=Cc2c[nH]c3ccccc23)sc2c1CCCCCC2. The molecule has 0 saturated heterocycles. The number of benzene rings is 2. The summed E-state index contributed by atoms with van der Waals surface area (Å²) in [6.45, 7) is 0. The van der Waals surface area contributed by atoms with Crippen molar-refractivity contribution < 1.29 is 4.79 Å². The average molecular weight is 428 g/mol. The Morgan fingerprint density at radius 3 is 2.61 bits per heavy atom. The molecule has 0 spiro atoms. The van der Waals surface area contributed by atoms with E-state index in [0.717, 1.165) is 52.0 Å². The molecule has 0 saturated carbocycles. The summed E-state index contributed by atoms with van der Waals surface area (Å²) in [5.74, 6) is -0.0599. The van der Waals surface area contributed by atoms with Crippen molar-refractivity contribution in [1.29, 1.82) is 0 Å². The highest BCUT2D eigenvalue weighted by Gasteiger charge is 2.24. The van der Waals surface area contributed by atoms with Gasteiger partial charge < -0.3 is 10.3 Å². The molecular formula is C26H25N3OS. The Bertz CT molecular complexity index is 1240. The zero-order valence-corrected chi connectivity index (χ0v) is 18.2. The second kappa shape index (κ2) is 8.90. The summed E-state index contributed by atoms with van der Waals surface area (Å²) in [7, 11) is 0. The molecule has 31 heavy (non-hydrogen) atoms. The molecule has 1 amide bonds. The fourth-order valence-electron chi connectivity index (χ4n) is 4.27. The van der Waals surface area contributed by atoms with E-state index in [4.69, 9.17) is 4.99 Å². The number of H-pyrrole nitrogens is 1. The van der Waals surface area contributed by atoms with Crippen LogP contribution in [0.1, 0.15) is 52.0 Å². The van der Waals surface area contributed by atoms with Crippen LogP contribution in [0.25, 0.3) is 10.9 Å². The van der Waals surface area contributed by atoms with E-state index < -0.39 is 0 Å². The Labute approximate surface area is 186 Å². The van der Waals surface area contributed by atoms with E-state index in [1.807, 2.05) is 54.9 Å². The van der Waals surface area contributed by atoms with Gasteiger partial charge >= 0.3 is 0 Å². The van der Waals surface area contributed by atoms with Crippen molar-refractivity contribution >= 4 is 45.0 Å². The quantitative estimate of drug-likeness (QED) is 0.342. The number of aliphatic imine (C=N–C) groups is 1. The minimum absolute atomic E-state index is 0.0599. The van der Waals surface area contributed by atoms with Crippen LogP contribution >= 0.6 is 11.3 Å². The molecule has 1 aliphatic rings. The minimum atomic E-state index is -0.0599. The van der Waals surface area contributed by atoms with Crippen molar-refractivity contribution in [3.63, 3.8) is 0 Å². The number of carbonyl (C=O) groups excluding carboxylic acids is 1. The molecule has 2 N–H and O–H groups in total. The van der Waals surface area contributed by atoms with Gasteiger partial charge in [-0.15, -0.1) is 11.3 Å². The van der Waals surface area contributed by atoms with E-state index in [1.54, 1.807) is 11.3 Å². The predicted octanol–water partition coefficient (Wildman–Crippen LogP) is 6.89. The van der Waals surface area contributed by atoms with Gasteiger partial charge in [-0.25, -0.2) is 4.99 Å². The smallest absolute Gasteiger partial charge is 0.259 e. The van der Waals surface area contributed by atoms with Crippen LogP contribution in [-0.2, 0) is 12.8 Å². The second-order valence-electron chi connectivity index (χ2n) is 7.97. The highest BCUT2D eigenvalue weighted by atomic mass is 32.1. The normalized spacial score (nSPS) is 14.3. The molecule has 5 rings (SSSR count). The zero-order chi connectivity index (χ0) is 21.0. The van der Waals surface area contributed by atoms with Gasteiger partial charge in [0.25, 0.3) is 5.91 Å². The van der Waals surface area contributed by atoms with Crippen molar-refractivity contribution in [3.8, 4) is 0 Å². The predicted molar refractivity (Wildman–Crippen MR) is 130 cm³/mol. The third-order valence-electron chi connectivity index (χ3n) is 5.85. The molecule has 2 aromatic heterocycles. The Morgan fingerprint density at radius 2 is 1.74 bits per heavy atom. The molecule has 4 nitrogen and oxygen atoms in total. The first kappa shape index (κ1) is 19.8. The molecule has 2 aromatic carbocycles. The number of hydrogen-bond acceptors (Lipinski definition) is 3. The molecule has 156 valence electrons. The van der Waals surface area contributed by atoms with Crippen LogP contribution in [0.2, 0.25) is 0 Å². The van der Waals surface area contributed by atoms with Gasteiger partial charge in [-0.05, 0) is 49.4 Å². The number of amides is 1. The van der Waals surface area contributed by atoms with E-state index in [1.165, 1.54) is 29.7 Å². The summed E-state index contributed by atoms with van der Waals surface area (Å²) in [6.07, 6.45) is 10.6. The van der Waals surface area contributed by atoms with Crippen molar-refractivity contribution in [2.75, 3.05) is 5.32 Å². The van der Waals surface area contributed by atoms with Crippen LogP contribution in [0.4, 0.5) is 10.7 Å². The van der Waals surface area contributed by atoms with E-state index in [0.29, 0.717) is 0 Å². The standard InChI is InChI=1S/C26H25N3OS/c30-25(29-19-10-4-3-5-11-19)24-21-13-6-1-2-7-15-23(21)31-26(24)28-17-18-16-27-22-14-9-8-12-20(18)22/h3-5,8-12,14,16-17,27H,1-2,6-7,13,15H2,(H,29,30). The number of aromatic amines is 1. The van der Waals surface area contributed by atoms with E-state index in [-0.39, 0.29) is 5.91 Å². The van der Waals surface area contributed by atoms with Gasteiger partial charge in [-0.3, -0.25) is 4.79 Å².